The fourth-order valence-corrected chi connectivity index (χ4v) is 3.10. The Morgan fingerprint density at radius 1 is 1.16 bits per heavy atom. The van der Waals surface area contributed by atoms with Crippen LogP contribution in [0.1, 0.15) is 30.7 Å². The molecule has 130 valence electrons. The van der Waals surface area contributed by atoms with Crippen LogP contribution in [0.3, 0.4) is 0 Å². The molecule has 25 heavy (non-hydrogen) atoms. The first-order valence-corrected chi connectivity index (χ1v) is 8.78. The fourth-order valence-electron chi connectivity index (χ4n) is 2.89. The maximum Gasteiger partial charge on any atom is 0.258 e. The summed E-state index contributed by atoms with van der Waals surface area (Å²) in [6.45, 7) is 7.63. The number of benzene rings is 1. The average Bonchev–Trinajstić information content (AvgIpc) is 2.55. The third-order valence-corrected chi connectivity index (χ3v) is 4.54. The van der Waals surface area contributed by atoms with Crippen molar-refractivity contribution in [2.24, 2.45) is 0 Å². The number of pyridine rings is 1. The molecule has 0 amide bonds. The minimum absolute atomic E-state index is 0.0461. The molecule has 0 unspecified atom stereocenters. The van der Waals surface area contributed by atoms with E-state index in [4.69, 9.17) is 16.6 Å². The maximum absolute atomic E-state index is 12.4. The summed E-state index contributed by atoms with van der Waals surface area (Å²) in [5.41, 5.74) is 3.60. The van der Waals surface area contributed by atoms with Crippen LogP contribution < -0.4 is 5.56 Å². The quantitative estimate of drug-likeness (QED) is 0.692. The van der Waals surface area contributed by atoms with Crippen molar-refractivity contribution in [2.45, 2.75) is 39.9 Å². The van der Waals surface area contributed by atoms with E-state index in [-0.39, 0.29) is 5.56 Å². The highest BCUT2D eigenvalue weighted by molar-refractivity contribution is 6.30. The smallest absolute Gasteiger partial charge is 0.258 e. The van der Waals surface area contributed by atoms with E-state index < -0.39 is 0 Å². The Morgan fingerprint density at radius 2 is 1.96 bits per heavy atom. The molecule has 1 aromatic carbocycles. The molecular formula is C20H22ClN3O. The van der Waals surface area contributed by atoms with Gasteiger partial charge in [0.05, 0.1) is 5.69 Å². The van der Waals surface area contributed by atoms with Crippen LogP contribution in [0.4, 0.5) is 0 Å². The zero-order valence-corrected chi connectivity index (χ0v) is 15.5. The lowest BCUT2D eigenvalue weighted by atomic mass is 10.1. The molecule has 0 N–H and O–H groups in total. The summed E-state index contributed by atoms with van der Waals surface area (Å²) in [6, 6.07) is 13.6. The van der Waals surface area contributed by atoms with Crippen LogP contribution in [-0.4, -0.2) is 20.3 Å². The Kier molecular flexibility index (Phi) is 5.21. The van der Waals surface area contributed by atoms with E-state index in [9.17, 15) is 4.79 Å². The molecule has 0 bridgehead atoms. The average molecular weight is 356 g/mol. The van der Waals surface area contributed by atoms with Gasteiger partial charge in [0.2, 0.25) is 0 Å². The van der Waals surface area contributed by atoms with Crippen molar-refractivity contribution in [2.75, 3.05) is 0 Å². The number of aromatic nitrogens is 2. The van der Waals surface area contributed by atoms with Gasteiger partial charge in [-0.05, 0) is 50.1 Å². The van der Waals surface area contributed by atoms with Gasteiger partial charge in [0.15, 0.2) is 0 Å². The van der Waals surface area contributed by atoms with Crippen molar-refractivity contribution in [1.82, 2.24) is 14.3 Å². The van der Waals surface area contributed by atoms with Gasteiger partial charge in [-0.2, -0.15) is 0 Å². The summed E-state index contributed by atoms with van der Waals surface area (Å²) in [5, 5.41) is 0.735. The summed E-state index contributed by atoms with van der Waals surface area (Å²) >= 11 is 6.10. The lowest BCUT2D eigenvalue weighted by Gasteiger charge is -2.26. The van der Waals surface area contributed by atoms with Crippen LogP contribution in [0.5, 0.6) is 0 Å². The number of hydrogen-bond donors (Lipinski definition) is 0. The zero-order chi connectivity index (χ0) is 18.0. The topological polar surface area (TPSA) is 37.6 Å². The summed E-state index contributed by atoms with van der Waals surface area (Å²) in [7, 11) is 0. The predicted molar refractivity (Wildman–Crippen MR) is 102 cm³/mol. The Balaban J connectivity index is 1.91. The van der Waals surface area contributed by atoms with Crippen LogP contribution in [0, 0.1) is 6.92 Å². The van der Waals surface area contributed by atoms with E-state index in [1.807, 2.05) is 37.3 Å². The Bertz CT molecular complexity index is 949. The molecule has 3 aromatic rings. The van der Waals surface area contributed by atoms with Gasteiger partial charge in [0.25, 0.3) is 5.56 Å². The van der Waals surface area contributed by atoms with E-state index in [0.717, 1.165) is 34.0 Å². The molecule has 0 atom stereocenters. The van der Waals surface area contributed by atoms with Gasteiger partial charge >= 0.3 is 0 Å². The highest BCUT2D eigenvalue weighted by atomic mass is 35.5. The third-order valence-electron chi connectivity index (χ3n) is 4.31. The second-order valence-corrected chi connectivity index (χ2v) is 7.04. The van der Waals surface area contributed by atoms with E-state index in [1.165, 1.54) is 0 Å². The van der Waals surface area contributed by atoms with Gasteiger partial charge in [-0.1, -0.05) is 29.8 Å². The minimum atomic E-state index is -0.0461. The van der Waals surface area contributed by atoms with Crippen molar-refractivity contribution in [3.8, 4) is 0 Å². The Morgan fingerprint density at radius 3 is 2.68 bits per heavy atom. The number of halogens is 1. The highest BCUT2D eigenvalue weighted by Crippen LogP contribution is 2.16. The standard InChI is InChI=1S/C20H22ClN3O/c1-14(2)23(12-16-7-4-8-17(21)10-16)13-18-11-19(25)24-9-5-6-15(3)20(24)22-18/h4-11,14H,12-13H2,1-3H3. The van der Waals surface area contributed by atoms with E-state index >= 15 is 0 Å². The molecule has 5 heteroatoms. The molecule has 0 fully saturated rings. The Labute approximate surface area is 152 Å². The fraction of sp³-hybridized carbons (Fsp3) is 0.300. The molecule has 0 aliphatic heterocycles. The molecular weight excluding hydrogens is 334 g/mol. The van der Waals surface area contributed by atoms with Crippen molar-refractivity contribution >= 4 is 17.2 Å². The summed E-state index contributed by atoms with van der Waals surface area (Å²) < 4.78 is 1.59. The summed E-state index contributed by atoms with van der Waals surface area (Å²) in [6.07, 6.45) is 1.76. The second kappa shape index (κ2) is 7.38. The number of nitrogens with zero attached hydrogens (tertiary/aromatic N) is 3. The Hall–Kier alpha value is -2.17. The predicted octanol–water partition coefficient (Wildman–Crippen LogP) is 4.07. The lowest BCUT2D eigenvalue weighted by Crippen LogP contribution is -2.31. The van der Waals surface area contributed by atoms with Gasteiger partial charge in [-0.25, -0.2) is 4.98 Å². The maximum atomic E-state index is 12.4. The SMILES string of the molecule is Cc1cccn2c(=O)cc(CN(Cc3cccc(Cl)c3)C(C)C)nc12. The first-order chi connectivity index (χ1) is 11.9. The molecule has 0 spiro atoms. The van der Waals surface area contributed by atoms with Crippen LogP contribution >= 0.6 is 11.6 Å². The van der Waals surface area contributed by atoms with Crippen molar-refractivity contribution in [3.63, 3.8) is 0 Å². The summed E-state index contributed by atoms with van der Waals surface area (Å²) in [4.78, 5) is 19.4. The summed E-state index contributed by atoms with van der Waals surface area (Å²) in [5.74, 6) is 0. The first-order valence-electron chi connectivity index (χ1n) is 8.40. The van der Waals surface area contributed by atoms with E-state index in [1.54, 1.807) is 16.7 Å². The van der Waals surface area contributed by atoms with Crippen LogP contribution in [0.2, 0.25) is 5.02 Å². The largest absolute Gasteiger partial charge is 0.291 e. The highest BCUT2D eigenvalue weighted by Gasteiger charge is 2.14. The van der Waals surface area contributed by atoms with Crippen LogP contribution in [0.15, 0.2) is 53.5 Å². The van der Waals surface area contributed by atoms with Gasteiger partial charge < -0.3 is 0 Å². The molecule has 0 aliphatic carbocycles. The monoisotopic (exact) mass is 355 g/mol. The van der Waals surface area contributed by atoms with Gasteiger partial charge in [-0.15, -0.1) is 0 Å². The third kappa shape index (κ3) is 4.09. The minimum Gasteiger partial charge on any atom is -0.291 e. The van der Waals surface area contributed by atoms with E-state index in [0.29, 0.717) is 12.6 Å². The lowest BCUT2D eigenvalue weighted by molar-refractivity contribution is 0.201. The van der Waals surface area contributed by atoms with Crippen molar-refractivity contribution < 1.29 is 0 Å². The van der Waals surface area contributed by atoms with Gasteiger partial charge in [0.1, 0.15) is 5.65 Å². The number of rotatable bonds is 5. The van der Waals surface area contributed by atoms with Gasteiger partial charge in [0, 0.05) is 36.4 Å². The molecule has 2 aromatic heterocycles. The molecule has 3 rings (SSSR count). The van der Waals surface area contributed by atoms with E-state index in [2.05, 4.69) is 24.8 Å². The number of hydrogen-bond acceptors (Lipinski definition) is 3. The normalized spacial score (nSPS) is 11.6. The molecule has 0 radical (unpaired) electrons. The number of fused-ring (bicyclic) bond motifs is 1. The van der Waals surface area contributed by atoms with Gasteiger partial charge in [-0.3, -0.25) is 14.1 Å². The second-order valence-electron chi connectivity index (χ2n) is 6.60. The molecule has 4 nitrogen and oxygen atoms in total. The molecule has 0 saturated heterocycles. The molecule has 0 saturated carbocycles. The van der Waals surface area contributed by atoms with Crippen LogP contribution in [0.25, 0.3) is 5.65 Å². The first kappa shape index (κ1) is 17.6. The van der Waals surface area contributed by atoms with Crippen LogP contribution in [-0.2, 0) is 13.1 Å². The van der Waals surface area contributed by atoms with Crippen molar-refractivity contribution in [3.05, 3.63) is 80.9 Å². The number of aryl methyl sites for hydroxylation is 1. The zero-order valence-electron chi connectivity index (χ0n) is 14.7. The van der Waals surface area contributed by atoms with Crippen molar-refractivity contribution in [1.29, 1.82) is 0 Å². The molecule has 2 heterocycles. The molecule has 0 aliphatic rings.